The maximum absolute atomic E-state index is 13.8. The van der Waals surface area contributed by atoms with E-state index in [1.54, 1.807) is 72.3 Å². The minimum atomic E-state index is -4.42. The first kappa shape index (κ1) is 27.4. The molecule has 0 atom stereocenters. The fraction of sp³-hybridized carbons (Fsp3) is 0.241. The Balaban J connectivity index is 1.44. The molecule has 0 bridgehead atoms. The maximum atomic E-state index is 13.8. The van der Waals surface area contributed by atoms with Crippen molar-refractivity contribution in [1.29, 1.82) is 0 Å². The molecule has 0 N–H and O–H groups in total. The van der Waals surface area contributed by atoms with E-state index in [1.807, 2.05) is 11.0 Å². The zero-order chi connectivity index (χ0) is 28.4. The van der Waals surface area contributed by atoms with E-state index in [0.717, 1.165) is 12.1 Å². The van der Waals surface area contributed by atoms with Gasteiger partial charge < -0.3 is 19.3 Å². The first-order chi connectivity index (χ1) is 19.2. The van der Waals surface area contributed by atoms with Gasteiger partial charge >= 0.3 is 6.18 Å². The molecule has 1 aliphatic heterocycles. The molecule has 3 aromatic carbocycles. The number of alkyl halides is 3. The number of hydrogen-bond acceptors (Lipinski definition) is 5. The van der Waals surface area contributed by atoms with Crippen molar-refractivity contribution in [2.45, 2.75) is 6.18 Å². The topological polar surface area (TPSA) is 59.8 Å². The molecule has 0 unspecified atom stereocenters. The number of carbonyl (C=O) groups excluding carboxylic acids is 1. The van der Waals surface area contributed by atoms with Crippen LogP contribution in [0.1, 0.15) is 16.1 Å². The van der Waals surface area contributed by atoms with E-state index in [-0.39, 0.29) is 5.91 Å². The van der Waals surface area contributed by atoms with Crippen molar-refractivity contribution in [2.24, 2.45) is 0 Å². The van der Waals surface area contributed by atoms with E-state index in [2.05, 4.69) is 0 Å². The molecule has 0 spiro atoms. The molecular formula is C29H26ClF3N4O3. The first-order valence-corrected chi connectivity index (χ1v) is 12.9. The Morgan fingerprint density at radius 2 is 1.60 bits per heavy atom. The van der Waals surface area contributed by atoms with Gasteiger partial charge in [0.25, 0.3) is 5.91 Å². The third kappa shape index (κ3) is 5.58. The lowest BCUT2D eigenvalue weighted by Crippen LogP contribution is -2.49. The van der Waals surface area contributed by atoms with Gasteiger partial charge in [0.1, 0.15) is 17.2 Å². The van der Waals surface area contributed by atoms with Crippen LogP contribution < -0.4 is 14.4 Å². The predicted molar refractivity (Wildman–Crippen MR) is 147 cm³/mol. The molecule has 208 valence electrons. The number of rotatable bonds is 6. The lowest BCUT2D eigenvalue weighted by Gasteiger charge is -2.36. The van der Waals surface area contributed by atoms with Crippen molar-refractivity contribution in [1.82, 2.24) is 14.7 Å². The van der Waals surface area contributed by atoms with Crippen LogP contribution in [0.2, 0.25) is 5.02 Å². The summed E-state index contributed by atoms with van der Waals surface area (Å²) in [7, 11) is 3.11. The van der Waals surface area contributed by atoms with Crippen LogP contribution in [0.3, 0.4) is 0 Å². The van der Waals surface area contributed by atoms with Crippen molar-refractivity contribution < 1.29 is 27.4 Å². The van der Waals surface area contributed by atoms with E-state index >= 15 is 0 Å². The molecule has 1 aromatic heterocycles. The molecule has 1 saturated heterocycles. The number of anilines is 1. The number of piperazine rings is 1. The van der Waals surface area contributed by atoms with Crippen LogP contribution >= 0.6 is 11.6 Å². The molecule has 11 heteroatoms. The molecule has 1 fully saturated rings. The van der Waals surface area contributed by atoms with Gasteiger partial charge in [-0.3, -0.25) is 4.79 Å². The number of halogens is 4. The Labute approximate surface area is 234 Å². The fourth-order valence-electron chi connectivity index (χ4n) is 4.69. The van der Waals surface area contributed by atoms with Crippen LogP contribution in [0, 0.1) is 0 Å². The van der Waals surface area contributed by atoms with Crippen molar-refractivity contribution >= 4 is 23.2 Å². The second-order valence-electron chi connectivity index (χ2n) is 9.20. The largest absolute Gasteiger partial charge is 0.497 e. The van der Waals surface area contributed by atoms with Crippen molar-refractivity contribution in [3.63, 3.8) is 0 Å². The summed E-state index contributed by atoms with van der Waals surface area (Å²) in [5, 5.41) is 5.23. The van der Waals surface area contributed by atoms with Gasteiger partial charge in [-0.2, -0.15) is 18.3 Å². The van der Waals surface area contributed by atoms with Crippen LogP contribution in [0.4, 0.5) is 18.9 Å². The first-order valence-electron chi connectivity index (χ1n) is 12.5. The van der Waals surface area contributed by atoms with E-state index < -0.39 is 11.7 Å². The molecule has 1 amide bonds. The van der Waals surface area contributed by atoms with Gasteiger partial charge in [-0.15, -0.1) is 0 Å². The van der Waals surface area contributed by atoms with Gasteiger partial charge in [-0.05, 0) is 54.6 Å². The minimum Gasteiger partial charge on any atom is -0.497 e. The van der Waals surface area contributed by atoms with E-state index in [1.165, 1.54) is 6.07 Å². The highest BCUT2D eigenvalue weighted by molar-refractivity contribution is 6.30. The van der Waals surface area contributed by atoms with Crippen molar-refractivity contribution in [3.05, 3.63) is 89.1 Å². The Kier molecular flexibility index (Phi) is 7.62. The van der Waals surface area contributed by atoms with Crippen LogP contribution in [-0.2, 0) is 6.18 Å². The lowest BCUT2D eigenvalue weighted by molar-refractivity contribution is -0.137. The maximum Gasteiger partial charge on any atom is 0.416 e. The van der Waals surface area contributed by atoms with Crippen LogP contribution in [0.5, 0.6) is 11.5 Å². The van der Waals surface area contributed by atoms with Gasteiger partial charge in [0.05, 0.1) is 31.2 Å². The molecule has 2 heterocycles. The summed E-state index contributed by atoms with van der Waals surface area (Å²) in [5.41, 5.74) is 1.90. The van der Waals surface area contributed by atoms with Gasteiger partial charge in [-0.25, -0.2) is 4.68 Å². The number of aromatic nitrogens is 2. The third-order valence-corrected chi connectivity index (χ3v) is 7.01. The molecule has 1 aliphatic rings. The fourth-order valence-corrected chi connectivity index (χ4v) is 4.87. The quantitative estimate of drug-likeness (QED) is 0.277. The lowest BCUT2D eigenvalue weighted by atomic mass is 10.1. The molecule has 5 rings (SSSR count). The molecule has 0 radical (unpaired) electrons. The van der Waals surface area contributed by atoms with Crippen LogP contribution in [0.15, 0.2) is 72.8 Å². The van der Waals surface area contributed by atoms with Gasteiger partial charge in [0.2, 0.25) is 0 Å². The van der Waals surface area contributed by atoms with E-state index in [9.17, 15) is 18.0 Å². The third-order valence-electron chi connectivity index (χ3n) is 6.77. The Morgan fingerprint density at radius 1 is 0.875 bits per heavy atom. The standard InChI is InChI=1S/C29H26ClF3N4O3/c1-39-23-9-10-24(27(17-23)40-2)25-18-26(37(34-25)22-8-4-6-20(30)16-22)28(38)36-13-11-35(12-14-36)21-7-3-5-19(15-21)29(31,32)33/h3-10,15-18H,11-14H2,1-2H3. The summed E-state index contributed by atoms with van der Waals surface area (Å²) in [4.78, 5) is 17.3. The highest BCUT2D eigenvalue weighted by Crippen LogP contribution is 2.35. The number of hydrogen-bond donors (Lipinski definition) is 0. The number of amides is 1. The Morgan fingerprint density at radius 3 is 2.27 bits per heavy atom. The monoisotopic (exact) mass is 570 g/mol. The normalized spacial score (nSPS) is 13.8. The summed E-state index contributed by atoms with van der Waals surface area (Å²) in [6.45, 7) is 1.43. The number of ether oxygens (including phenoxy) is 2. The van der Waals surface area contributed by atoms with Crippen LogP contribution in [-0.4, -0.2) is 61.0 Å². The van der Waals surface area contributed by atoms with E-state index in [0.29, 0.717) is 71.0 Å². The molecule has 0 saturated carbocycles. The smallest absolute Gasteiger partial charge is 0.416 e. The number of benzene rings is 3. The summed E-state index contributed by atoms with van der Waals surface area (Å²) in [6, 6.07) is 19.3. The number of nitrogens with zero attached hydrogens (tertiary/aromatic N) is 4. The van der Waals surface area contributed by atoms with Gasteiger partial charge in [0, 0.05) is 48.5 Å². The average molecular weight is 571 g/mol. The zero-order valence-electron chi connectivity index (χ0n) is 21.8. The molecular weight excluding hydrogens is 545 g/mol. The van der Waals surface area contributed by atoms with Crippen molar-refractivity contribution in [2.75, 3.05) is 45.3 Å². The van der Waals surface area contributed by atoms with E-state index in [4.69, 9.17) is 26.2 Å². The molecule has 7 nitrogen and oxygen atoms in total. The Hall–Kier alpha value is -4.18. The molecule has 0 aliphatic carbocycles. The summed E-state index contributed by atoms with van der Waals surface area (Å²) in [5.74, 6) is 0.892. The SMILES string of the molecule is COc1ccc(-c2cc(C(=O)N3CCN(c4cccc(C(F)(F)F)c4)CC3)n(-c3cccc(Cl)c3)n2)c(OC)c1. The number of carbonyl (C=O) groups is 1. The Bertz CT molecular complexity index is 1530. The number of methoxy groups -OCH3 is 2. The highest BCUT2D eigenvalue weighted by Gasteiger charge is 2.32. The van der Waals surface area contributed by atoms with Gasteiger partial charge in [-0.1, -0.05) is 23.7 Å². The van der Waals surface area contributed by atoms with Crippen molar-refractivity contribution in [3.8, 4) is 28.4 Å². The second-order valence-corrected chi connectivity index (χ2v) is 9.64. The molecule has 40 heavy (non-hydrogen) atoms. The summed E-state index contributed by atoms with van der Waals surface area (Å²) in [6.07, 6.45) is -4.42. The summed E-state index contributed by atoms with van der Waals surface area (Å²) < 4.78 is 52.0. The zero-order valence-corrected chi connectivity index (χ0v) is 22.5. The minimum absolute atomic E-state index is 0.255. The highest BCUT2D eigenvalue weighted by atomic mass is 35.5. The van der Waals surface area contributed by atoms with Crippen LogP contribution in [0.25, 0.3) is 16.9 Å². The average Bonchev–Trinajstić information content (AvgIpc) is 3.41. The summed E-state index contributed by atoms with van der Waals surface area (Å²) >= 11 is 6.25. The van der Waals surface area contributed by atoms with Gasteiger partial charge in [0.15, 0.2) is 0 Å². The predicted octanol–water partition coefficient (Wildman–Crippen LogP) is 6.19. The molecule has 4 aromatic rings. The second kappa shape index (κ2) is 11.1.